The maximum atomic E-state index is 13.4. The third-order valence-electron chi connectivity index (χ3n) is 7.87. The van der Waals surface area contributed by atoms with Gasteiger partial charge in [-0.05, 0) is 57.6 Å². The van der Waals surface area contributed by atoms with Crippen molar-refractivity contribution in [1.29, 1.82) is 0 Å². The summed E-state index contributed by atoms with van der Waals surface area (Å²) < 4.78 is 0. The Labute approximate surface area is 245 Å². The SMILES string of the molecule is CCN(CC)CCN(C)C(=O)c1c(C)[nH]c(C=C2C(=O)Nc3ccc(-c4csc(-c5ccc(C)cc5)n4)cc32)c1C. The molecule has 2 amide bonds. The molecular weight excluding hydrogens is 530 g/mol. The first-order valence-corrected chi connectivity index (χ1v) is 15.0. The maximum absolute atomic E-state index is 13.4. The fraction of sp³-hybridized carbons (Fsp3) is 0.303. The van der Waals surface area contributed by atoms with Gasteiger partial charge in [0.15, 0.2) is 0 Å². The van der Waals surface area contributed by atoms with Crippen LogP contribution >= 0.6 is 11.3 Å². The summed E-state index contributed by atoms with van der Waals surface area (Å²) in [5, 5.41) is 6.00. The van der Waals surface area contributed by atoms with Crippen LogP contribution in [-0.2, 0) is 4.79 Å². The second-order valence-electron chi connectivity index (χ2n) is 10.6. The van der Waals surface area contributed by atoms with Crippen molar-refractivity contribution in [2.75, 3.05) is 38.5 Å². The lowest BCUT2D eigenvalue weighted by molar-refractivity contribution is -0.110. The highest BCUT2D eigenvalue weighted by Crippen LogP contribution is 2.38. The zero-order valence-electron chi connectivity index (χ0n) is 24.6. The summed E-state index contributed by atoms with van der Waals surface area (Å²) in [6.07, 6.45) is 1.86. The molecule has 0 atom stereocenters. The molecular formula is C33H37N5O2S. The standard InChI is InChI=1S/C33H37N5O2S/c1-7-38(8-2)16-15-37(6)33(40)30-21(4)28(34-22(30)5)18-26-25-17-24(13-14-27(25)35-31(26)39)29-19-41-32(36-29)23-11-9-20(3)10-12-23/h9-14,17-19,34H,7-8,15-16H2,1-6H3,(H,35,39). The predicted molar refractivity (Wildman–Crippen MR) is 169 cm³/mol. The van der Waals surface area contributed by atoms with E-state index in [4.69, 9.17) is 4.98 Å². The number of hydrogen-bond donors (Lipinski definition) is 2. The van der Waals surface area contributed by atoms with E-state index in [1.54, 1.807) is 16.2 Å². The number of aromatic amines is 1. The van der Waals surface area contributed by atoms with Gasteiger partial charge in [-0.15, -0.1) is 11.3 Å². The molecule has 2 aromatic heterocycles. The van der Waals surface area contributed by atoms with E-state index >= 15 is 0 Å². The van der Waals surface area contributed by atoms with E-state index in [1.165, 1.54) is 5.56 Å². The van der Waals surface area contributed by atoms with E-state index in [1.807, 2.05) is 45.2 Å². The lowest BCUT2D eigenvalue weighted by atomic mass is 10.0. The molecule has 0 bridgehead atoms. The molecule has 41 heavy (non-hydrogen) atoms. The number of carbonyl (C=O) groups excluding carboxylic acids is 2. The Morgan fingerprint density at radius 2 is 1.71 bits per heavy atom. The zero-order chi connectivity index (χ0) is 29.3. The Hall–Kier alpha value is -4.01. The van der Waals surface area contributed by atoms with E-state index < -0.39 is 0 Å². The first-order chi connectivity index (χ1) is 19.7. The van der Waals surface area contributed by atoms with Crippen molar-refractivity contribution in [3.63, 3.8) is 0 Å². The fourth-order valence-corrected chi connectivity index (χ4v) is 6.07. The summed E-state index contributed by atoms with van der Waals surface area (Å²) in [5.41, 5.74) is 9.36. The fourth-order valence-electron chi connectivity index (χ4n) is 5.23. The van der Waals surface area contributed by atoms with Crippen LogP contribution in [0, 0.1) is 20.8 Å². The smallest absolute Gasteiger partial charge is 0.256 e. The Bertz CT molecular complexity index is 1630. The lowest BCUT2D eigenvalue weighted by Gasteiger charge is -2.23. The molecule has 0 fully saturated rings. The number of fused-ring (bicyclic) bond motifs is 1. The molecule has 7 nitrogen and oxygen atoms in total. The second kappa shape index (κ2) is 11.8. The normalized spacial score (nSPS) is 13.6. The van der Waals surface area contributed by atoms with Gasteiger partial charge < -0.3 is 20.1 Å². The number of carbonyl (C=O) groups is 2. The average molecular weight is 568 g/mol. The van der Waals surface area contributed by atoms with Crippen molar-refractivity contribution in [3.05, 3.63) is 81.5 Å². The lowest BCUT2D eigenvalue weighted by Crippen LogP contribution is -2.36. The van der Waals surface area contributed by atoms with Gasteiger partial charge in [-0.1, -0.05) is 49.7 Å². The number of hydrogen-bond acceptors (Lipinski definition) is 5. The van der Waals surface area contributed by atoms with Gasteiger partial charge in [-0.25, -0.2) is 4.98 Å². The molecule has 0 spiro atoms. The maximum Gasteiger partial charge on any atom is 0.256 e. The van der Waals surface area contributed by atoms with Crippen LogP contribution < -0.4 is 5.32 Å². The van der Waals surface area contributed by atoms with Gasteiger partial charge in [0.25, 0.3) is 11.8 Å². The topological polar surface area (TPSA) is 81.3 Å². The number of benzene rings is 2. The molecule has 1 aliphatic rings. The molecule has 0 radical (unpaired) electrons. The number of thiazole rings is 1. The van der Waals surface area contributed by atoms with Gasteiger partial charge in [0.05, 0.1) is 16.8 Å². The Balaban J connectivity index is 1.42. The number of nitrogens with zero attached hydrogens (tertiary/aromatic N) is 3. The quantitative estimate of drug-likeness (QED) is 0.222. The van der Waals surface area contributed by atoms with E-state index in [-0.39, 0.29) is 11.8 Å². The first kappa shape index (κ1) is 28.5. The number of rotatable bonds is 9. The zero-order valence-corrected chi connectivity index (χ0v) is 25.4. The van der Waals surface area contributed by atoms with Gasteiger partial charge >= 0.3 is 0 Å². The van der Waals surface area contributed by atoms with Crippen LogP contribution in [0.4, 0.5) is 5.69 Å². The summed E-state index contributed by atoms with van der Waals surface area (Å²) in [6.45, 7) is 13.6. The van der Waals surface area contributed by atoms with Crippen molar-refractivity contribution in [3.8, 4) is 21.8 Å². The van der Waals surface area contributed by atoms with E-state index in [9.17, 15) is 9.59 Å². The van der Waals surface area contributed by atoms with E-state index in [0.717, 1.165) is 69.7 Å². The van der Waals surface area contributed by atoms with Gasteiger partial charge in [-0.3, -0.25) is 9.59 Å². The van der Waals surface area contributed by atoms with E-state index in [2.05, 4.69) is 65.6 Å². The predicted octanol–water partition coefficient (Wildman–Crippen LogP) is 6.64. The number of amides is 2. The van der Waals surface area contributed by atoms with Crippen molar-refractivity contribution in [2.24, 2.45) is 0 Å². The molecule has 3 heterocycles. The van der Waals surface area contributed by atoms with Gasteiger partial charge in [0.2, 0.25) is 0 Å². The van der Waals surface area contributed by atoms with E-state index in [0.29, 0.717) is 17.7 Å². The van der Waals surface area contributed by atoms with Crippen molar-refractivity contribution in [1.82, 2.24) is 19.8 Å². The van der Waals surface area contributed by atoms with Gasteiger partial charge in [0, 0.05) is 59.3 Å². The number of aryl methyl sites for hydroxylation is 2. The highest BCUT2D eigenvalue weighted by molar-refractivity contribution is 7.13. The van der Waals surface area contributed by atoms with Crippen molar-refractivity contribution in [2.45, 2.75) is 34.6 Å². The minimum absolute atomic E-state index is 0.0143. The number of aromatic nitrogens is 2. The van der Waals surface area contributed by atoms with Crippen LogP contribution in [0.1, 0.15) is 52.3 Å². The Morgan fingerprint density at radius 3 is 2.41 bits per heavy atom. The van der Waals surface area contributed by atoms with Gasteiger partial charge in [-0.2, -0.15) is 0 Å². The van der Waals surface area contributed by atoms with Crippen LogP contribution in [-0.4, -0.2) is 64.8 Å². The number of nitrogens with one attached hydrogen (secondary N) is 2. The summed E-state index contributed by atoms with van der Waals surface area (Å²) >= 11 is 1.61. The molecule has 8 heteroatoms. The number of likely N-dealkylation sites (N-methyl/N-ethyl adjacent to an activating group) is 2. The molecule has 0 unspecified atom stereocenters. The van der Waals surface area contributed by atoms with Crippen LogP contribution in [0.3, 0.4) is 0 Å². The first-order valence-electron chi connectivity index (χ1n) is 14.1. The molecule has 0 saturated heterocycles. The summed E-state index contributed by atoms with van der Waals surface area (Å²) in [5.74, 6) is -0.175. The molecule has 0 saturated carbocycles. The second-order valence-corrected chi connectivity index (χ2v) is 11.5. The largest absolute Gasteiger partial charge is 0.358 e. The minimum atomic E-state index is -0.161. The van der Waals surface area contributed by atoms with Crippen molar-refractivity contribution >= 4 is 40.5 Å². The average Bonchev–Trinajstić information content (AvgIpc) is 3.65. The molecule has 5 rings (SSSR count). The molecule has 2 N–H and O–H groups in total. The third kappa shape index (κ3) is 5.76. The van der Waals surface area contributed by atoms with Gasteiger partial charge in [0.1, 0.15) is 5.01 Å². The minimum Gasteiger partial charge on any atom is -0.358 e. The van der Waals surface area contributed by atoms with Crippen molar-refractivity contribution < 1.29 is 9.59 Å². The number of H-pyrrole nitrogens is 1. The number of anilines is 1. The third-order valence-corrected chi connectivity index (χ3v) is 8.76. The van der Waals surface area contributed by atoms with Crippen LogP contribution in [0.2, 0.25) is 0 Å². The Kier molecular flexibility index (Phi) is 8.24. The Morgan fingerprint density at radius 1 is 1.00 bits per heavy atom. The molecule has 4 aromatic rings. The van der Waals surface area contributed by atoms with Crippen LogP contribution in [0.25, 0.3) is 33.5 Å². The summed E-state index contributed by atoms with van der Waals surface area (Å²) in [4.78, 5) is 38.8. The molecule has 0 aliphatic carbocycles. The summed E-state index contributed by atoms with van der Waals surface area (Å²) in [7, 11) is 1.85. The highest BCUT2D eigenvalue weighted by Gasteiger charge is 2.27. The van der Waals surface area contributed by atoms with Crippen LogP contribution in [0.15, 0.2) is 47.8 Å². The molecule has 1 aliphatic heterocycles. The highest BCUT2D eigenvalue weighted by atomic mass is 32.1. The molecule has 212 valence electrons. The molecule has 2 aromatic carbocycles. The van der Waals surface area contributed by atoms with Crippen LogP contribution in [0.5, 0.6) is 0 Å². The monoisotopic (exact) mass is 567 g/mol. The summed E-state index contributed by atoms with van der Waals surface area (Å²) in [6, 6.07) is 14.3.